The van der Waals surface area contributed by atoms with Gasteiger partial charge in [0.05, 0.1) is 12.6 Å². The van der Waals surface area contributed by atoms with Crippen molar-refractivity contribution in [3.63, 3.8) is 0 Å². The molecule has 0 fully saturated rings. The number of carboxylic acid groups (broad SMARTS) is 1. The number of hydrogen-bond donors (Lipinski definition) is 0. The van der Waals surface area contributed by atoms with Gasteiger partial charge in [0.15, 0.2) is 0 Å². The molecule has 0 aromatic heterocycles. The van der Waals surface area contributed by atoms with Crippen LogP contribution in [0, 0.1) is 0 Å². The molecule has 34 heavy (non-hydrogen) atoms. The smallest absolute Gasteiger partial charge is 0.759 e. The Morgan fingerprint density at radius 1 is 0.647 bits per heavy atom. The molecule has 0 amide bonds. The van der Waals surface area contributed by atoms with Gasteiger partial charge in [-0.15, -0.1) is 0 Å². The van der Waals surface area contributed by atoms with Crippen LogP contribution in [0.3, 0.4) is 0 Å². The summed E-state index contributed by atoms with van der Waals surface area (Å²) >= 11 is 0. The van der Waals surface area contributed by atoms with Gasteiger partial charge < -0.3 is 23.7 Å². The predicted octanol–water partition coefficient (Wildman–Crippen LogP) is -5.23. The molecule has 0 saturated heterocycles. The number of unbranched alkanes of at least 4 members (excludes halogenated alkanes) is 15. The third kappa shape index (κ3) is 54.5. The van der Waals surface area contributed by atoms with Crippen molar-refractivity contribution in [3.8, 4) is 0 Å². The van der Waals surface area contributed by atoms with Crippen LogP contribution < -0.4 is 93.8 Å². The number of carbonyl (C=O) groups is 2. The molecule has 8 nitrogen and oxygen atoms in total. The Balaban J connectivity index is -0.000000315. The number of carboxylic acids is 1. The monoisotopic (exact) mass is 532 g/mol. The van der Waals surface area contributed by atoms with E-state index in [2.05, 4.69) is 6.92 Å². The molecule has 0 aliphatic heterocycles. The SMILES string of the molecule is CCCCCCCCCCCCCCCCCCOC(=O)/C=C/C(=O)[O-].O=S(=O)([O-])[O-].[Na+].[Na+].[Na+]. The Labute approximate surface area is 273 Å². The normalized spacial score (nSPS) is 10.2. The molecule has 0 aromatic carbocycles. The largest absolute Gasteiger partial charge is 1.00 e. The number of esters is 1. The summed E-state index contributed by atoms with van der Waals surface area (Å²) in [6.07, 6.45) is 22.4. The first-order valence-electron chi connectivity index (χ1n) is 11.4. The molecule has 0 aliphatic carbocycles. The van der Waals surface area contributed by atoms with Gasteiger partial charge in [0.25, 0.3) is 0 Å². The quantitative estimate of drug-likeness (QED) is 0.0401. The number of rotatable bonds is 19. The van der Waals surface area contributed by atoms with Crippen molar-refractivity contribution in [3.05, 3.63) is 12.2 Å². The van der Waals surface area contributed by atoms with E-state index in [0.717, 1.165) is 18.9 Å². The Bertz CT molecular complexity index is 564. The Hall–Kier alpha value is 1.55. The summed E-state index contributed by atoms with van der Waals surface area (Å²) in [6.45, 7) is 2.62. The van der Waals surface area contributed by atoms with Crippen molar-refractivity contribution < 1.29 is 126 Å². The Morgan fingerprint density at radius 2 is 0.941 bits per heavy atom. The maximum absolute atomic E-state index is 11.1. The predicted molar refractivity (Wildman–Crippen MR) is 115 cm³/mol. The maximum Gasteiger partial charge on any atom is 1.00 e. The fourth-order valence-corrected chi connectivity index (χ4v) is 3.01. The van der Waals surface area contributed by atoms with Gasteiger partial charge in [0, 0.05) is 16.5 Å². The maximum atomic E-state index is 11.1. The Kier molecular flexibility index (Phi) is 46.2. The Morgan fingerprint density at radius 3 is 1.24 bits per heavy atom. The summed E-state index contributed by atoms with van der Waals surface area (Å²) in [6, 6.07) is 0. The minimum Gasteiger partial charge on any atom is -0.759 e. The van der Waals surface area contributed by atoms with Gasteiger partial charge in [-0.25, -0.2) is 4.79 Å². The van der Waals surface area contributed by atoms with Crippen LogP contribution in [0.4, 0.5) is 0 Å². The molecule has 0 radical (unpaired) electrons. The standard InChI is InChI=1S/C22H40O4.3Na.H2O4S/c1-2-3-4-5-6-7-8-9-10-11-12-13-14-15-16-17-20-26-22(25)19-18-21(23)24;;;;1-5(2,3)4/h18-19H,2-17,20H2,1H3,(H,23,24);;;;(H2,1,2,3,4)/q;3*+1;/p-3/b19-18+;;;;. The fourth-order valence-electron chi connectivity index (χ4n) is 3.01. The number of aliphatic carboxylic acids is 1. The van der Waals surface area contributed by atoms with Crippen LogP contribution in [0.5, 0.6) is 0 Å². The van der Waals surface area contributed by atoms with Gasteiger partial charge in [0.2, 0.25) is 0 Å². The summed E-state index contributed by atoms with van der Waals surface area (Å²) in [5.41, 5.74) is 0. The van der Waals surface area contributed by atoms with E-state index in [-0.39, 0.29) is 88.7 Å². The van der Waals surface area contributed by atoms with E-state index < -0.39 is 22.3 Å². The van der Waals surface area contributed by atoms with Gasteiger partial charge in [-0.3, -0.25) is 8.42 Å². The molecule has 0 atom stereocenters. The molecule has 12 heteroatoms. The zero-order chi connectivity index (χ0) is 23.8. The van der Waals surface area contributed by atoms with Crippen LogP contribution in [0.1, 0.15) is 110 Å². The van der Waals surface area contributed by atoms with Crippen molar-refractivity contribution in [1.29, 1.82) is 0 Å². The summed E-state index contributed by atoms with van der Waals surface area (Å²) in [7, 11) is -5.17. The van der Waals surface area contributed by atoms with Gasteiger partial charge in [-0.1, -0.05) is 103 Å². The first-order chi connectivity index (χ1) is 14.7. The van der Waals surface area contributed by atoms with E-state index in [1.54, 1.807) is 0 Å². The van der Waals surface area contributed by atoms with Gasteiger partial charge in [-0.2, -0.15) is 0 Å². The zero-order valence-electron chi connectivity index (χ0n) is 21.8. The molecule has 0 saturated carbocycles. The van der Waals surface area contributed by atoms with E-state index in [9.17, 15) is 14.7 Å². The molecule has 0 aliphatic rings. The van der Waals surface area contributed by atoms with Crippen molar-refractivity contribution in [2.24, 2.45) is 0 Å². The summed E-state index contributed by atoms with van der Waals surface area (Å²) in [5.74, 6) is -2.00. The van der Waals surface area contributed by atoms with E-state index in [1.807, 2.05) is 0 Å². The summed E-state index contributed by atoms with van der Waals surface area (Å²) in [4.78, 5) is 21.2. The van der Waals surface area contributed by atoms with Crippen molar-refractivity contribution in [2.45, 2.75) is 110 Å². The molecule has 0 heterocycles. The van der Waals surface area contributed by atoms with Crippen LogP contribution in [-0.2, 0) is 24.7 Å². The molecule has 0 aromatic rings. The van der Waals surface area contributed by atoms with Crippen molar-refractivity contribution in [1.82, 2.24) is 0 Å². The first kappa shape index (κ1) is 45.5. The average molecular weight is 533 g/mol. The topological polar surface area (TPSA) is 147 Å². The molecule has 0 spiro atoms. The average Bonchev–Trinajstić information content (AvgIpc) is 2.67. The number of hydrogen-bond acceptors (Lipinski definition) is 8. The third-order valence-electron chi connectivity index (χ3n) is 4.60. The van der Waals surface area contributed by atoms with E-state index >= 15 is 0 Å². The van der Waals surface area contributed by atoms with Crippen LogP contribution in [0.25, 0.3) is 0 Å². The van der Waals surface area contributed by atoms with Crippen LogP contribution in [-0.4, -0.2) is 36.1 Å². The van der Waals surface area contributed by atoms with Crippen LogP contribution >= 0.6 is 0 Å². The second kappa shape index (κ2) is 34.6. The zero-order valence-corrected chi connectivity index (χ0v) is 28.7. The second-order valence-electron chi connectivity index (χ2n) is 7.53. The van der Waals surface area contributed by atoms with Gasteiger partial charge in [0.1, 0.15) is 0 Å². The van der Waals surface area contributed by atoms with Crippen molar-refractivity contribution >= 4 is 22.3 Å². The molecule has 0 unspecified atom stereocenters. The van der Waals surface area contributed by atoms with Crippen LogP contribution in [0.2, 0.25) is 0 Å². The summed E-state index contributed by atoms with van der Waals surface area (Å²) < 4.78 is 39.0. The van der Waals surface area contributed by atoms with Crippen molar-refractivity contribution in [2.75, 3.05) is 6.61 Å². The molecule has 0 rings (SSSR count). The second-order valence-corrected chi connectivity index (χ2v) is 8.35. The molecule has 0 bridgehead atoms. The summed E-state index contributed by atoms with van der Waals surface area (Å²) in [5, 5.41) is 10.1. The fraction of sp³-hybridized carbons (Fsp3) is 0.818. The number of carbonyl (C=O) groups excluding carboxylic acids is 2. The van der Waals surface area contributed by atoms with Gasteiger partial charge >= 0.3 is 94.6 Å². The molecular formula is C22H39Na3O8S. The van der Waals surface area contributed by atoms with E-state index in [1.165, 1.54) is 89.9 Å². The molecule has 184 valence electrons. The first-order valence-corrected chi connectivity index (χ1v) is 12.7. The van der Waals surface area contributed by atoms with E-state index in [4.69, 9.17) is 22.3 Å². The minimum absolute atomic E-state index is 0. The molecular weight excluding hydrogens is 493 g/mol. The van der Waals surface area contributed by atoms with E-state index in [0.29, 0.717) is 12.7 Å². The third-order valence-corrected chi connectivity index (χ3v) is 4.60. The number of ether oxygens (including phenoxy) is 1. The van der Waals surface area contributed by atoms with Gasteiger partial charge in [-0.05, 0) is 12.5 Å². The molecule has 0 N–H and O–H groups in total. The van der Waals surface area contributed by atoms with Crippen LogP contribution in [0.15, 0.2) is 12.2 Å². The minimum atomic E-state index is -5.17.